The summed E-state index contributed by atoms with van der Waals surface area (Å²) >= 11 is 0. The molecule has 8 nitrogen and oxygen atoms in total. The Hall–Kier alpha value is -2.22. The van der Waals surface area contributed by atoms with E-state index in [0.29, 0.717) is 5.82 Å². The number of rotatable bonds is 5. The first-order valence-electron chi connectivity index (χ1n) is 6.46. The Morgan fingerprint density at radius 3 is 2.45 bits per heavy atom. The van der Waals surface area contributed by atoms with Crippen molar-refractivity contribution in [2.75, 3.05) is 10.7 Å². The molecule has 8 heteroatoms. The van der Waals surface area contributed by atoms with E-state index >= 15 is 0 Å². The molecule has 0 aliphatic rings. The highest BCUT2D eigenvalue weighted by Crippen LogP contribution is 2.29. The van der Waals surface area contributed by atoms with Crippen molar-refractivity contribution in [3.05, 3.63) is 24.0 Å². The second-order valence-corrected chi connectivity index (χ2v) is 4.95. The number of anilines is 2. The fraction of sp³-hybridized carbons (Fsp3) is 0.500. The zero-order chi connectivity index (χ0) is 14.7. The van der Waals surface area contributed by atoms with Crippen molar-refractivity contribution in [1.29, 1.82) is 0 Å². The quantitative estimate of drug-likeness (QED) is 0.556. The number of hydrazine groups is 1. The number of aryl methyl sites for hydroxylation is 1. The van der Waals surface area contributed by atoms with Crippen LogP contribution in [0.4, 0.5) is 11.6 Å². The largest absolute Gasteiger partial charge is 0.360 e. The molecule has 2 aromatic heterocycles. The van der Waals surface area contributed by atoms with Crippen LogP contribution in [-0.4, -0.2) is 24.7 Å². The number of nitrogen functional groups attached to an aromatic ring is 1. The molecule has 0 aliphatic heterocycles. The van der Waals surface area contributed by atoms with Gasteiger partial charge in [-0.1, -0.05) is 13.8 Å². The fourth-order valence-corrected chi connectivity index (χ4v) is 2.13. The molecule has 0 amide bonds. The van der Waals surface area contributed by atoms with Crippen LogP contribution >= 0.6 is 0 Å². The van der Waals surface area contributed by atoms with Crippen molar-refractivity contribution in [1.82, 2.24) is 24.7 Å². The average molecular weight is 276 g/mol. The van der Waals surface area contributed by atoms with E-state index in [-0.39, 0.29) is 12.0 Å². The molecule has 2 rings (SSSR count). The van der Waals surface area contributed by atoms with Crippen LogP contribution in [0.2, 0.25) is 0 Å². The van der Waals surface area contributed by atoms with E-state index in [2.05, 4.69) is 44.8 Å². The summed E-state index contributed by atoms with van der Waals surface area (Å²) in [5, 5.41) is 11.3. The lowest BCUT2D eigenvalue weighted by Gasteiger charge is -2.19. The van der Waals surface area contributed by atoms with E-state index < -0.39 is 0 Å². The van der Waals surface area contributed by atoms with Crippen molar-refractivity contribution >= 4 is 11.6 Å². The monoisotopic (exact) mass is 276 g/mol. The molecule has 108 valence electrons. The fourth-order valence-electron chi connectivity index (χ4n) is 2.13. The van der Waals surface area contributed by atoms with Gasteiger partial charge in [0.2, 0.25) is 0 Å². The molecular formula is C12H20N8. The third-order valence-electron chi connectivity index (χ3n) is 3.08. The minimum atomic E-state index is -0.0273. The zero-order valence-electron chi connectivity index (χ0n) is 12.1. The van der Waals surface area contributed by atoms with Gasteiger partial charge in [-0.3, -0.25) is 0 Å². The molecule has 20 heavy (non-hydrogen) atoms. The number of hydrogen-bond donors (Lipinski definition) is 3. The Labute approximate surface area is 117 Å². The number of hydrogen-bond acceptors (Lipinski definition) is 7. The number of nitrogens with one attached hydrogen (secondary N) is 2. The van der Waals surface area contributed by atoms with Crippen LogP contribution in [0.1, 0.15) is 44.1 Å². The molecule has 0 saturated carbocycles. The Bertz CT molecular complexity index is 577. The first kappa shape index (κ1) is 14.2. The minimum absolute atomic E-state index is 0.0273. The summed E-state index contributed by atoms with van der Waals surface area (Å²) in [4.78, 5) is 8.46. The van der Waals surface area contributed by atoms with Crippen LogP contribution in [0, 0.1) is 0 Å². The molecule has 4 N–H and O–H groups in total. The van der Waals surface area contributed by atoms with Gasteiger partial charge in [-0.05, 0) is 12.8 Å². The summed E-state index contributed by atoms with van der Waals surface area (Å²) in [5.41, 5.74) is 3.56. The summed E-state index contributed by atoms with van der Waals surface area (Å²) in [6.45, 7) is 6.14. The maximum Gasteiger partial charge on any atom is 0.154 e. The molecule has 0 fully saturated rings. The van der Waals surface area contributed by atoms with Gasteiger partial charge in [-0.25, -0.2) is 15.8 Å². The smallest absolute Gasteiger partial charge is 0.154 e. The van der Waals surface area contributed by atoms with Crippen molar-refractivity contribution in [2.24, 2.45) is 12.9 Å². The highest BCUT2D eigenvalue weighted by atomic mass is 15.3. The molecule has 0 aliphatic carbocycles. The Morgan fingerprint density at radius 2 is 1.90 bits per heavy atom. The molecule has 0 aromatic carbocycles. The predicted octanol–water partition coefficient (Wildman–Crippen LogP) is 1.19. The van der Waals surface area contributed by atoms with Crippen LogP contribution < -0.4 is 16.6 Å². The van der Waals surface area contributed by atoms with Gasteiger partial charge < -0.3 is 15.3 Å². The Balaban J connectivity index is 2.32. The lowest BCUT2D eigenvalue weighted by atomic mass is 10.0. The topological polar surface area (TPSA) is 107 Å². The van der Waals surface area contributed by atoms with Crippen molar-refractivity contribution in [2.45, 2.75) is 32.7 Å². The maximum absolute atomic E-state index is 5.51. The molecule has 0 spiro atoms. The molecule has 1 atom stereocenters. The average Bonchev–Trinajstić information content (AvgIpc) is 2.84. The summed E-state index contributed by atoms with van der Waals surface area (Å²) in [7, 11) is 1.91. The van der Waals surface area contributed by atoms with Crippen LogP contribution in [0.15, 0.2) is 12.7 Å². The standard InChI is InChI=1S/C12H20N8/c1-7(2)9-10(14-5-15-11(9)18-13)17-8(3)12-19-16-6-20(12)4/h5-8H,13H2,1-4H3,(H2,14,15,17,18). The summed E-state index contributed by atoms with van der Waals surface area (Å²) in [6.07, 6.45) is 3.15. The van der Waals surface area contributed by atoms with E-state index in [9.17, 15) is 0 Å². The van der Waals surface area contributed by atoms with E-state index in [4.69, 9.17) is 5.84 Å². The van der Waals surface area contributed by atoms with Gasteiger partial charge in [-0.15, -0.1) is 10.2 Å². The van der Waals surface area contributed by atoms with E-state index in [1.54, 1.807) is 6.33 Å². The minimum Gasteiger partial charge on any atom is -0.360 e. The van der Waals surface area contributed by atoms with Gasteiger partial charge in [0.25, 0.3) is 0 Å². The van der Waals surface area contributed by atoms with E-state index in [1.807, 2.05) is 18.5 Å². The Morgan fingerprint density at radius 1 is 1.20 bits per heavy atom. The first-order chi connectivity index (χ1) is 9.54. The van der Waals surface area contributed by atoms with Crippen molar-refractivity contribution < 1.29 is 0 Å². The summed E-state index contributed by atoms with van der Waals surface area (Å²) in [5.74, 6) is 7.96. The third-order valence-corrected chi connectivity index (χ3v) is 3.08. The highest BCUT2D eigenvalue weighted by molar-refractivity contribution is 5.58. The lowest BCUT2D eigenvalue weighted by molar-refractivity contribution is 0.711. The summed E-state index contributed by atoms with van der Waals surface area (Å²) < 4.78 is 1.87. The second-order valence-electron chi connectivity index (χ2n) is 4.95. The van der Waals surface area contributed by atoms with Gasteiger partial charge in [0.05, 0.1) is 6.04 Å². The van der Waals surface area contributed by atoms with Gasteiger partial charge in [0.15, 0.2) is 5.82 Å². The molecule has 0 bridgehead atoms. The number of nitrogens with zero attached hydrogens (tertiary/aromatic N) is 5. The molecule has 2 heterocycles. The first-order valence-corrected chi connectivity index (χ1v) is 6.46. The van der Waals surface area contributed by atoms with Gasteiger partial charge in [0.1, 0.15) is 24.3 Å². The predicted molar refractivity (Wildman–Crippen MR) is 77.0 cm³/mol. The van der Waals surface area contributed by atoms with Gasteiger partial charge in [0, 0.05) is 12.6 Å². The SMILES string of the molecule is CC(C)c1c(NN)ncnc1NC(C)c1nncn1C. The Kier molecular flexibility index (Phi) is 4.14. The molecule has 2 aromatic rings. The lowest BCUT2D eigenvalue weighted by Crippen LogP contribution is -2.18. The maximum atomic E-state index is 5.51. The zero-order valence-corrected chi connectivity index (χ0v) is 12.1. The second kappa shape index (κ2) is 5.83. The highest BCUT2D eigenvalue weighted by Gasteiger charge is 2.18. The normalized spacial score (nSPS) is 12.5. The van der Waals surface area contributed by atoms with Gasteiger partial charge in [-0.2, -0.15) is 0 Å². The van der Waals surface area contributed by atoms with Crippen molar-refractivity contribution in [3.63, 3.8) is 0 Å². The number of aromatic nitrogens is 5. The van der Waals surface area contributed by atoms with Crippen LogP contribution in [0.3, 0.4) is 0 Å². The molecular weight excluding hydrogens is 256 g/mol. The molecule has 0 saturated heterocycles. The van der Waals surface area contributed by atoms with Gasteiger partial charge >= 0.3 is 0 Å². The number of nitrogens with two attached hydrogens (primary N) is 1. The van der Waals surface area contributed by atoms with E-state index in [1.165, 1.54) is 6.33 Å². The molecule has 1 unspecified atom stereocenters. The molecule has 0 radical (unpaired) electrons. The van der Waals surface area contributed by atoms with Crippen LogP contribution in [-0.2, 0) is 7.05 Å². The summed E-state index contributed by atoms with van der Waals surface area (Å²) in [6, 6.07) is -0.0273. The van der Waals surface area contributed by atoms with Crippen molar-refractivity contribution in [3.8, 4) is 0 Å². The van der Waals surface area contributed by atoms with Crippen LogP contribution in [0.5, 0.6) is 0 Å². The van der Waals surface area contributed by atoms with E-state index in [0.717, 1.165) is 17.2 Å². The third kappa shape index (κ3) is 2.69. The van der Waals surface area contributed by atoms with Crippen LogP contribution in [0.25, 0.3) is 0 Å².